The summed E-state index contributed by atoms with van der Waals surface area (Å²) in [5.74, 6) is 0.147. The van der Waals surface area contributed by atoms with E-state index in [9.17, 15) is 9.90 Å². The molecule has 0 fully saturated rings. The van der Waals surface area contributed by atoms with Crippen molar-refractivity contribution in [2.45, 2.75) is 64.7 Å². The second-order valence-corrected chi connectivity index (χ2v) is 3.86. The van der Waals surface area contributed by atoms with Gasteiger partial charge in [-0.25, -0.2) is 0 Å². The van der Waals surface area contributed by atoms with Crippen molar-refractivity contribution < 1.29 is 9.90 Å². The lowest BCUT2D eigenvalue weighted by Gasteiger charge is -2.03. The molecule has 0 aromatic carbocycles. The summed E-state index contributed by atoms with van der Waals surface area (Å²) in [6, 6.07) is 0. The first kappa shape index (κ1) is 13.6. The van der Waals surface area contributed by atoms with E-state index >= 15 is 0 Å². The molecule has 2 heteroatoms. The second kappa shape index (κ2) is 10.7. The van der Waals surface area contributed by atoms with Crippen LogP contribution in [0.2, 0.25) is 0 Å². The van der Waals surface area contributed by atoms with Gasteiger partial charge in [0, 0.05) is 6.42 Å². The number of Topliss-reactive ketones (excluding diaryl/α,β-unsaturated/α-hetero) is 1. The molecule has 0 amide bonds. The molecule has 0 aromatic rings. The van der Waals surface area contributed by atoms with Gasteiger partial charge in [-0.2, -0.15) is 0 Å². The lowest BCUT2D eigenvalue weighted by Crippen LogP contribution is -2.11. The Balaban J connectivity index is 3.01. The van der Waals surface area contributed by atoms with Crippen molar-refractivity contribution in [3.05, 3.63) is 0 Å². The summed E-state index contributed by atoms with van der Waals surface area (Å²) < 4.78 is 0. The molecule has 0 N–H and O–H groups in total. The fraction of sp³-hybridized carbons (Fsp3) is 0.917. The predicted molar refractivity (Wildman–Crippen MR) is 57.1 cm³/mol. The van der Waals surface area contributed by atoms with Crippen molar-refractivity contribution in [3.8, 4) is 0 Å². The smallest absolute Gasteiger partial charge is 0.131 e. The molecule has 84 valence electrons. The van der Waals surface area contributed by atoms with Crippen LogP contribution in [0.3, 0.4) is 0 Å². The maximum absolute atomic E-state index is 11.0. The highest BCUT2D eigenvalue weighted by atomic mass is 16.3. The Morgan fingerprint density at radius 2 is 1.50 bits per heavy atom. The van der Waals surface area contributed by atoms with Gasteiger partial charge in [0.25, 0.3) is 0 Å². The Morgan fingerprint density at radius 3 is 2.07 bits per heavy atom. The first-order valence-electron chi connectivity index (χ1n) is 5.91. The Hall–Kier alpha value is -0.370. The zero-order valence-corrected chi connectivity index (χ0v) is 9.39. The molecule has 0 atom stereocenters. The molecule has 0 heterocycles. The maximum atomic E-state index is 11.0. The van der Waals surface area contributed by atoms with Crippen LogP contribution in [0.25, 0.3) is 0 Å². The third-order valence-corrected chi connectivity index (χ3v) is 2.44. The number of unbranched alkanes of at least 4 members (excludes halogenated alkanes) is 6. The van der Waals surface area contributed by atoms with Crippen LogP contribution in [0.15, 0.2) is 0 Å². The van der Waals surface area contributed by atoms with Crippen molar-refractivity contribution in [1.29, 1.82) is 0 Å². The summed E-state index contributed by atoms with van der Waals surface area (Å²) in [5.41, 5.74) is 0. The Kier molecular flexibility index (Phi) is 10.4. The van der Waals surface area contributed by atoms with E-state index < -0.39 is 0 Å². The lowest BCUT2D eigenvalue weighted by molar-refractivity contribution is -0.366. The Bertz CT molecular complexity index is 132. The van der Waals surface area contributed by atoms with Gasteiger partial charge < -0.3 is 5.11 Å². The highest BCUT2D eigenvalue weighted by Gasteiger charge is 1.97. The Morgan fingerprint density at radius 1 is 0.929 bits per heavy atom. The van der Waals surface area contributed by atoms with Crippen molar-refractivity contribution in [1.82, 2.24) is 0 Å². The van der Waals surface area contributed by atoms with Gasteiger partial charge in [-0.05, 0) is 12.8 Å². The summed E-state index contributed by atoms with van der Waals surface area (Å²) in [6.07, 6.45) is 9.45. The third-order valence-electron chi connectivity index (χ3n) is 2.44. The van der Waals surface area contributed by atoms with Crippen molar-refractivity contribution in [2.75, 3.05) is 6.61 Å². The van der Waals surface area contributed by atoms with Crippen molar-refractivity contribution in [3.63, 3.8) is 0 Å². The standard InChI is InChI=1S/C12H23O2/c1-2-3-4-5-6-7-8-9-12(14)10-11-13/h2-11H2,1H3/q-1. The first-order chi connectivity index (χ1) is 6.81. The molecule has 0 saturated heterocycles. The average molecular weight is 199 g/mol. The highest BCUT2D eigenvalue weighted by Crippen LogP contribution is 2.08. The topological polar surface area (TPSA) is 40.1 Å². The lowest BCUT2D eigenvalue weighted by atomic mass is 10.1. The molecular formula is C12H23O2-. The first-order valence-corrected chi connectivity index (χ1v) is 5.91. The van der Waals surface area contributed by atoms with Gasteiger partial charge in [0.15, 0.2) is 0 Å². The van der Waals surface area contributed by atoms with Crippen molar-refractivity contribution in [2.24, 2.45) is 0 Å². The van der Waals surface area contributed by atoms with Crippen LogP contribution in [-0.4, -0.2) is 12.4 Å². The number of hydrogen-bond donors (Lipinski definition) is 0. The third kappa shape index (κ3) is 9.72. The molecule has 0 rings (SSSR count). The van der Waals surface area contributed by atoms with E-state index in [0.29, 0.717) is 6.42 Å². The van der Waals surface area contributed by atoms with Gasteiger partial charge in [0.1, 0.15) is 5.78 Å². The van der Waals surface area contributed by atoms with Crippen LogP contribution < -0.4 is 5.11 Å². The summed E-state index contributed by atoms with van der Waals surface area (Å²) in [5, 5.41) is 10.1. The molecule has 14 heavy (non-hydrogen) atoms. The van der Waals surface area contributed by atoms with Crippen LogP contribution in [-0.2, 0) is 4.79 Å². The van der Waals surface area contributed by atoms with Crippen LogP contribution in [0.5, 0.6) is 0 Å². The van der Waals surface area contributed by atoms with Crippen LogP contribution >= 0.6 is 0 Å². The molecule has 2 nitrogen and oxygen atoms in total. The van der Waals surface area contributed by atoms with E-state index in [4.69, 9.17) is 0 Å². The summed E-state index contributed by atoms with van der Waals surface area (Å²) in [6.45, 7) is 1.97. The normalized spacial score (nSPS) is 10.4. The van der Waals surface area contributed by atoms with Crippen LogP contribution in [0, 0.1) is 0 Å². The van der Waals surface area contributed by atoms with Gasteiger partial charge in [0.2, 0.25) is 0 Å². The van der Waals surface area contributed by atoms with Gasteiger partial charge in [-0.15, -0.1) is 6.61 Å². The quantitative estimate of drug-likeness (QED) is 0.507. The molecule has 0 aliphatic rings. The fourth-order valence-electron chi connectivity index (χ4n) is 1.52. The zero-order valence-electron chi connectivity index (χ0n) is 9.39. The predicted octanol–water partition coefficient (Wildman–Crippen LogP) is 2.45. The molecule has 0 bridgehead atoms. The number of rotatable bonds is 10. The van der Waals surface area contributed by atoms with Gasteiger partial charge in [-0.3, -0.25) is 4.79 Å². The fourth-order valence-corrected chi connectivity index (χ4v) is 1.52. The molecule has 0 unspecified atom stereocenters. The van der Waals surface area contributed by atoms with Gasteiger partial charge in [0.05, 0.1) is 0 Å². The minimum atomic E-state index is -0.241. The highest BCUT2D eigenvalue weighted by molar-refractivity contribution is 5.78. The van der Waals surface area contributed by atoms with E-state index in [1.807, 2.05) is 0 Å². The minimum absolute atomic E-state index is 0.147. The minimum Gasteiger partial charge on any atom is -0.854 e. The molecule has 0 aromatic heterocycles. The molecular weight excluding hydrogens is 176 g/mol. The average Bonchev–Trinajstić information content (AvgIpc) is 2.17. The van der Waals surface area contributed by atoms with E-state index in [2.05, 4.69) is 6.92 Å². The number of carbonyl (C=O) groups excluding carboxylic acids is 1. The van der Waals surface area contributed by atoms with E-state index in [-0.39, 0.29) is 18.8 Å². The van der Waals surface area contributed by atoms with Crippen LogP contribution in [0.4, 0.5) is 0 Å². The molecule has 0 radical (unpaired) electrons. The molecule has 0 spiro atoms. The second-order valence-electron chi connectivity index (χ2n) is 3.86. The number of hydrogen-bond acceptors (Lipinski definition) is 2. The van der Waals surface area contributed by atoms with E-state index in [0.717, 1.165) is 12.8 Å². The molecule has 0 aliphatic heterocycles. The van der Waals surface area contributed by atoms with Gasteiger partial charge in [-0.1, -0.05) is 45.4 Å². The SMILES string of the molecule is CCCCCCCCCC(=O)CC[O-]. The maximum Gasteiger partial charge on any atom is 0.131 e. The monoisotopic (exact) mass is 199 g/mol. The molecule has 0 aliphatic carbocycles. The zero-order chi connectivity index (χ0) is 10.6. The Labute approximate surface area is 87.7 Å². The van der Waals surface area contributed by atoms with Crippen molar-refractivity contribution >= 4 is 5.78 Å². The number of ketones is 1. The summed E-state index contributed by atoms with van der Waals surface area (Å²) in [7, 11) is 0. The van der Waals surface area contributed by atoms with Crippen LogP contribution in [0.1, 0.15) is 64.7 Å². The van der Waals surface area contributed by atoms with E-state index in [1.54, 1.807) is 0 Å². The summed E-state index contributed by atoms with van der Waals surface area (Å²) >= 11 is 0. The number of carbonyl (C=O) groups is 1. The van der Waals surface area contributed by atoms with Gasteiger partial charge >= 0.3 is 0 Å². The van der Waals surface area contributed by atoms with E-state index in [1.165, 1.54) is 32.1 Å². The molecule has 0 saturated carbocycles. The largest absolute Gasteiger partial charge is 0.854 e. The summed E-state index contributed by atoms with van der Waals surface area (Å²) in [4.78, 5) is 11.0.